The van der Waals surface area contributed by atoms with Crippen LogP contribution in [0.4, 0.5) is 0 Å². The molecular formula is C33H24N6O. The standard InChI is InChI=1S/C33H24N6O/c1-21(25-5-9-27(38-19-25)7-3-23-11-15-34-32-29(23)13-17-36-32)31(40)22(2)26-6-10-28(39-20-26)8-4-24-12-16-35-33-30(24)14-18-37-33/h5-6,9-22H,1-2H3,(H,34,36)(H,35,37). The highest BCUT2D eigenvalue weighted by Gasteiger charge is 2.23. The van der Waals surface area contributed by atoms with Crippen LogP contribution in [-0.2, 0) is 4.79 Å². The molecule has 0 saturated carbocycles. The van der Waals surface area contributed by atoms with Gasteiger partial charge < -0.3 is 9.97 Å². The van der Waals surface area contributed by atoms with Crippen LogP contribution in [-0.4, -0.2) is 35.7 Å². The van der Waals surface area contributed by atoms with Crippen LogP contribution in [0.15, 0.2) is 85.7 Å². The summed E-state index contributed by atoms with van der Waals surface area (Å²) in [6.45, 7) is 3.81. The molecule has 0 aromatic carbocycles. The van der Waals surface area contributed by atoms with Crippen molar-refractivity contribution in [2.75, 3.05) is 0 Å². The van der Waals surface area contributed by atoms with Crippen molar-refractivity contribution in [1.82, 2.24) is 29.9 Å². The molecule has 40 heavy (non-hydrogen) atoms. The Labute approximate surface area is 231 Å². The Morgan fingerprint density at radius 2 is 1.10 bits per heavy atom. The SMILES string of the molecule is CC(C(=O)C(C)c1ccc(C#Cc2ccnc3[nH]ccc23)nc1)c1ccc(C#Cc2ccnc3[nH]ccc23)nc1. The second-order valence-corrected chi connectivity index (χ2v) is 9.50. The van der Waals surface area contributed by atoms with Crippen molar-refractivity contribution in [2.45, 2.75) is 25.7 Å². The van der Waals surface area contributed by atoms with Gasteiger partial charge in [0, 0.05) is 70.9 Å². The van der Waals surface area contributed by atoms with E-state index in [4.69, 9.17) is 0 Å². The first-order valence-electron chi connectivity index (χ1n) is 12.9. The summed E-state index contributed by atoms with van der Waals surface area (Å²) >= 11 is 0. The third-order valence-electron chi connectivity index (χ3n) is 7.00. The van der Waals surface area contributed by atoms with Crippen molar-refractivity contribution in [3.05, 3.63) is 119 Å². The minimum Gasteiger partial charge on any atom is -0.346 e. The predicted octanol–water partition coefficient (Wildman–Crippen LogP) is 5.51. The maximum absolute atomic E-state index is 13.3. The van der Waals surface area contributed by atoms with Crippen molar-refractivity contribution < 1.29 is 4.79 Å². The summed E-state index contributed by atoms with van der Waals surface area (Å²) in [7, 11) is 0. The first kappa shape index (κ1) is 24.8. The van der Waals surface area contributed by atoms with Crippen molar-refractivity contribution in [2.24, 2.45) is 0 Å². The van der Waals surface area contributed by atoms with Crippen molar-refractivity contribution in [1.29, 1.82) is 0 Å². The first-order valence-corrected chi connectivity index (χ1v) is 12.9. The number of ketones is 1. The monoisotopic (exact) mass is 520 g/mol. The third kappa shape index (κ3) is 4.97. The Morgan fingerprint density at radius 3 is 1.52 bits per heavy atom. The molecule has 0 spiro atoms. The summed E-state index contributed by atoms with van der Waals surface area (Å²) in [5.74, 6) is 12.0. The van der Waals surface area contributed by atoms with Gasteiger partial charge in [0.2, 0.25) is 0 Å². The van der Waals surface area contributed by atoms with E-state index in [-0.39, 0.29) is 17.6 Å². The molecule has 2 N–H and O–H groups in total. The highest BCUT2D eigenvalue weighted by atomic mass is 16.1. The fourth-order valence-electron chi connectivity index (χ4n) is 4.58. The van der Waals surface area contributed by atoms with Crippen LogP contribution in [0.2, 0.25) is 0 Å². The largest absolute Gasteiger partial charge is 0.346 e. The molecule has 0 aliphatic heterocycles. The zero-order valence-electron chi connectivity index (χ0n) is 21.9. The number of fused-ring (bicyclic) bond motifs is 2. The molecule has 0 aliphatic rings. The van der Waals surface area contributed by atoms with Crippen LogP contribution in [0.1, 0.15) is 59.3 Å². The Hall–Kier alpha value is -5.53. The van der Waals surface area contributed by atoms with Crippen LogP contribution < -0.4 is 0 Å². The van der Waals surface area contributed by atoms with E-state index >= 15 is 0 Å². The highest BCUT2D eigenvalue weighted by molar-refractivity contribution is 5.91. The van der Waals surface area contributed by atoms with Gasteiger partial charge in [0.05, 0.1) is 0 Å². The molecule has 0 aliphatic carbocycles. The van der Waals surface area contributed by atoms with Crippen LogP contribution in [0.5, 0.6) is 0 Å². The Bertz CT molecular complexity index is 1820. The van der Waals surface area contributed by atoms with Crippen LogP contribution in [0.25, 0.3) is 22.1 Å². The fourth-order valence-corrected chi connectivity index (χ4v) is 4.58. The molecule has 0 amide bonds. The summed E-state index contributed by atoms with van der Waals surface area (Å²) in [5.41, 5.74) is 6.36. The average molecular weight is 521 g/mol. The molecule has 0 saturated heterocycles. The number of aromatic nitrogens is 6. The van der Waals surface area contributed by atoms with E-state index < -0.39 is 0 Å². The minimum atomic E-state index is -0.320. The first-order chi connectivity index (χ1) is 19.6. The normalized spacial score (nSPS) is 12.2. The van der Waals surface area contributed by atoms with Crippen LogP contribution in [0.3, 0.4) is 0 Å². The summed E-state index contributed by atoms with van der Waals surface area (Å²) < 4.78 is 0. The Balaban J connectivity index is 1.13. The third-order valence-corrected chi connectivity index (χ3v) is 7.00. The fraction of sp³-hybridized carbons (Fsp3) is 0.121. The van der Waals surface area contributed by atoms with Gasteiger partial charge in [-0.3, -0.25) is 4.79 Å². The predicted molar refractivity (Wildman–Crippen MR) is 154 cm³/mol. The smallest absolute Gasteiger partial charge is 0.147 e. The average Bonchev–Trinajstić information content (AvgIpc) is 3.69. The zero-order valence-corrected chi connectivity index (χ0v) is 21.9. The van der Waals surface area contributed by atoms with Gasteiger partial charge in [0.15, 0.2) is 0 Å². The molecule has 0 bridgehead atoms. The number of hydrogen-bond acceptors (Lipinski definition) is 5. The summed E-state index contributed by atoms with van der Waals surface area (Å²) in [6, 6.07) is 15.2. The van der Waals surface area contributed by atoms with Crippen LogP contribution >= 0.6 is 0 Å². The number of hydrogen-bond donors (Lipinski definition) is 2. The van der Waals surface area contributed by atoms with E-state index in [1.807, 2.05) is 74.8 Å². The van der Waals surface area contributed by atoms with Crippen LogP contribution in [0, 0.1) is 23.7 Å². The van der Waals surface area contributed by atoms with E-state index in [1.54, 1.807) is 24.8 Å². The molecule has 0 fully saturated rings. The zero-order chi connectivity index (χ0) is 27.5. The number of Topliss-reactive ketones (excluding diaryl/α,β-unsaturated/α-hetero) is 1. The number of nitrogens with zero attached hydrogens (tertiary/aromatic N) is 4. The van der Waals surface area contributed by atoms with Gasteiger partial charge in [0.25, 0.3) is 0 Å². The number of carbonyl (C=O) groups is 1. The van der Waals surface area contributed by atoms with E-state index in [1.165, 1.54) is 0 Å². The van der Waals surface area contributed by atoms with Gasteiger partial charge in [0.1, 0.15) is 28.5 Å². The van der Waals surface area contributed by atoms with Crippen molar-refractivity contribution in [3.8, 4) is 23.7 Å². The van der Waals surface area contributed by atoms with Gasteiger partial charge in [-0.05, 0) is 59.4 Å². The molecule has 6 aromatic heterocycles. The quantitative estimate of drug-likeness (QED) is 0.299. The molecule has 2 atom stereocenters. The lowest BCUT2D eigenvalue weighted by Crippen LogP contribution is -2.17. The molecule has 7 nitrogen and oxygen atoms in total. The summed E-state index contributed by atoms with van der Waals surface area (Å²) in [4.78, 5) is 37.0. The lowest BCUT2D eigenvalue weighted by molar-refractivity contribution is -0.121. The van der Waals surface area contributed by atoms with Crippen molar-refractivity contribution >= 4 is 27.9 Å². The van der Waals surface area contributed by atoms with E-state index in [0.717, 1.165) is 44.3 Å². The molecule has 2 unspecified atom stereocenters. The minimum absolute atomic E-state index is 0.0968. The summed E-state index contributed by atoms with van der Waals surface area (Å²) in [5, 5.41) is 1.95. The molecule has 6 aromatic rings. The molecule has 6 rings (SSSR count). The number of rotatable bonds is 4. The Kier molecular flexibility index (Phi) is 6.62. The second kappa shape index (κ2) is 10.7. The lowest BCUT2D eigenvalue weighted by atomic mass is 9.87. The number of carbonyl (C=O) groups excluding carboxylic acids is 1. The Morgan fingerprint density at radius 1 is 0.625 bits per heavy atom. The second-order valence-electron chi connectivity index (χ2n) is 9.50. The molecular weight excluding hydrogens is 496 g/mol. The van der Waals surface area contributed by atoms with Gasteiger partial charge in [-0.15, -0.1) is 0 Å². The number of aromatic amines is 2. The van der Waals surface area contributed by atoms with Crippen molar-refractivity contribution in [3.63, 3.8) is 0 Å². The number of pyridine rings is 4. The topological polar surface area (TPSA) is 100 Å². The number of nitrogens with one attached hydrogen (secondary N) is 2. The van der Waals surface area contributed by atoms with Gasteiger partial charge in [-0.1, -0.05) is 37.8 Å². The van der Waals surface area contributed by atoms with E-state index in [2.05, 4.69) is 53.6 Å². The maximum atomic E-state index is 13.3. The van der Waals surface area contributed by atoms with E-state index in [9.17, 15) is 4.79 Å². The molecule has 192 valence electrons. The summed E-state index contributed by atoms with van der Waals surface area (Å²) in [6.07, 6.45) is 10.6. The molecule has 0 radical (unpaired) electrons. The highest BCUT2D eigenvalue weighted by Crippen LogP contribution is 2.26. The van der Waals surface area contributed by atoms with Gasteiger partial charge >= 0.3 is 0 Å². The van der Waals surface area contributed by atoms with Gasteiger partial charge in [-0.25, -0.2) is 19.9 Å². The molecule has 7 heteroatoms. The number of H-pyrrole nitrogens is 2. The maximum Gasteiger partial charge on any atom is 0.147 e. The lowest BCUT2D eigenvalue weighted by Gasteiger charge is -2.16. The van der Waals surface area contributed by atoms with E-state index in [0.29, 0.717) is 11.4 Å². The van der Waals surface area contributed by atoms with Gasteiger partial charge in [-0.2, -0.15) is 0 Å². The molecule has 6 heterocycles.